The van der Waals surface area contributed by atoms with E-state index in [-0.39, 0.29) is 19.0 Å². The van der Waals surface area contributed by atoms with Gasteiger partial charge in [-0.25, -0.2) is 4.79 Å². The summed E-state index contributed by atoms with van der Waals surface area (Å²) in [7, 11) is 0. The number of nitrogens with two attached hydrogens (primary N) is 1. The van der Waals surface area contributed by atoms with Crippen molar-refractivity contribution < 1.29 is 19.4 Å². The molecule has 0 radical (unpaired) electrons. The number of carboxylic acids is 1. The molecule has 1 heterocycles. The van der Waals surface area contributed by atoms with Crippen LogP contribution in [0.15, 0.2) is 77.1 Å². The van der Waals surface area contributed by atoms with Gasteiger partial charge in [0.2, 0.25) is 0 Å². The smallest absolute Gasteiger partial charge is 0.329 e. The summed E-state index contributed by atoms with van der Waals surface area (Å²) in [6.45, 7) is 2.99. The monoisotopic (exact) mass is 502 g/mol. The van der Waals surface area contributed by atoms with Crippen molar-refractivity contribution in [1.29, 1.82) is 5.41 Å². The lowest BCUT2D eigenvalue weighted by Crippen LogP contribution is -2.20. The van der Waals surface area contributed by atoms with Gasteiger partial charge in [0, 0.05) is 47.0 Å². The average Bonchev–Trinajstić information content (AvgIpc) is 3.21. The van der Waals surface area contributed by atoms with Gasteiger partial charge in [-0.2, -0.15) is 0 Å². The minimum Gasteiger partial charge on any atom is -0.480 e. The maximum absolute atomic E-state index is 10.4. The molecule has 0 saturated carbocycles. The molecule has 0 atom stereocenters. The van der Waals surface area contributed by atoms with Crippen LogP contribution in [0.25, 0.3) is 21.8 Å². The van der Waals surface area contributed by atoms with Crippen LogP contribution in [0.1, 0.15) is 16.7 Å². The highest BCUT2D eigenvalue weighted by molar-refractivity contribution is 6.11. The summed E-state index contributed by atoms with van der Waals surface area (Å²) < 4.78 is 12.6. The van der Waals surface area contributed by atoms with E-state index in [1.54, 1.807) is 0 Å². The van der Waals surface area contributed by atoms with Crippen molar-refractivity contribution in [2.75, 3.05) is 33.0 Å². The predicted octanol–water partition coefficient (Wildman–Crippen LogP) is 3.70. The Morgan fingerprint density at radius 1 is 0.946 bits per heavy atom. The molecule has 0 bridgehead atoms. The number of carbonyl (C=O) groups is 1. The first kappa shape index (κ1) is 26.0. The SMILES string of the molecule is N=C(N=NN)c1ccc2c(c1)c1ccccc1n2Cc1ccc(CNCCOCCOCC(=O)O)cc1. The molecule has 192 valence electrons. The Bertz CT molecular complexity index is 1400. The summed E-state index contributed by atoms with van der Waals surface area (Å²) in [5.41, 5.74) is 5.23. The molecule has 0 unspecified atom stereocenters. The van der Waals surface area contributed by atoms with Gasteiger partial charge in [0.05, 0.1) is 19.8 Å². The standard InChI is InChI=1S/C27H30N6O4/c28-27(31-32-29)21-9-10-25-23(15-21)22-3-1-2-4-24(22)33(25)17-20-7-5-19(6-8-20)16-30-11-12-36-13-14-37-18-26(34)35/h1-10,15,30H,11-14,16-18H2,(H,34,35)(H3,28,29,31). The first-order valence-corrected chi connectivity index (χ1v) is 11.9. The van der Waals surface area contributed by atoms with Crippen molar-refractivity contribution in [3.8, 4) is 0 Å². The maximum Gasteiger partial charge on any atom is 0.329 e. The predicted molar refractivity (Wildman–Crippen MR) is 142 cm³/mol. The van der Waals surface area contributed by atoms with Crippen LogP contribution in [0, 0.1) is 5.41 Å². The van der Waals surface area contributed by atoms with Crippen molar-refractivity contribution in [3.63, 3.8) is 0 Å². The third-order valence-electron chi connectivity index (χ3n) is 5.92. The van der Waals surface area contributed by atoms with Crippen LogP contribution in [0.5, 0.6) is 0 Å². The average molecular weight is 503 g/mol. The van der Waals surface area contributed by atoms with E-state index in [1.807, 2.05) is 30.3 Å². The van der Waals surface area contributed by atoms with E-state index in [9.17, 15) is 4.79 Å². The number of carboxylic acid groups (broad SMARTS) is 1. The zero-order valence-electron chi connectivity index (χ0n) is 20.4. The molecule has 0 aliphatic carbocycles. The van der Waals surface area contributed by atoms with Gasteiger partial charge in [0.1, 0.15) is 6.61 Å². The summed E-state index contributed by atoms with van der Waals surface area (Å²) in [5, 5.41) is 29.0. The van der Waals surface area contributed by atoms with E-state index in [0.717, 1.165) is 34.9 Å². The number of nitrogens with one attached hydrogen (secondary N) is 2. The van der Waals surface area contributed by atoms with Crippen LogP contribution < -0.4 is 11.2 Å². The maximum atomic E-state index is 10.4. The number of amidine groups is 1. The molecule has 4 rings (SSSR count). The topological polar surface area (TPSA) is 147 Å². The van der Waals surface area contributed by atoms with E-state index in [0.29, 0.717) is 25.3 Å². The van der Waals surface area contributed by atoms with Gasteiger partial charge in [-0.15, -0.1) is 5.11 Å². The number of benzene rings is 3. The molecule has 0 spiro atoms. The first-order chi connectivity index (χ1) is 18.1. The number of aromatic nitrogens is 1. The molecule has 3 aromatic carbocycles. The summed E-state index contributed by atoms with van der Waals surface area (Å²) in [5.74, 6) is 4.17. The van der Waals surface area contributed by atoms with E-state index in [1.165, 1.54) is 11.1 Å². The van der Waals surface area contributed by atoms with Crippen molar-refractivity contribution in [2.24, 2.45) is 16.2 Å². The van der Waals surface area contributed by atoms with Crippen LogP contribution in [0.3, 0.4) is 0 Å². The Morgan fingerprint density at radius 3 is 2.46 bits per heavy atom. The van der Waals surface area contributed by atoms with E-state index in [4.69, 9.17) is 25.8 Å². The van der Waals surface area contributed by atoms with Gasteiger partial charge < -0.3 is 30.3 Å². The van der Waals surface area contributed by atoms with Crippen LogP contribution in [-0.2, 0) is 27.4 Å². The number of aliphatic carboxylic acids is 1. The summed E-state index contributed by atoms with van der Waals surface area (Å²) >= 11 is 0. The highest BCUT2D eigenvalue weighted by atomic mass is 16.5. The highest BCUT2D eigenvalue weighted by Gasteiger charge is 2.13. The molecule has 10 heteroatoms. The number of hydrogen-bond donors (Lipinski definition) is 4. The van der Waals surface area contributed by atoms with Gasteiger partial charge in [0.25, 0.3) is 0 Å². The molecule has 0 aliphatic rings. The molecule has 0 saturated heterocycles. The molecular weight excluding hydrogens is 472 g/mol. The minimum absolute atomic E-state index is 0.0294. The minimum atomic E-state index is -0.980. The molecule has 0 aliphatic heterocycles. The first-order valence-electron chi connectivity index (χ1n) is 11.9. The number of para-hydroxylation sites is 1. The van der Waals surface area contributed by atoms with Crippen molar-refractivity contribution >= 4 is 33.6 Å². The van der Waals surface area contributed by atoms with Crippen molar-refractivity contribution in [3.05, 3.63) is 83.4 Å². The molecule has 4 aromatic rings. The third kappa shape index (κ3) is 6.76. The Morgan fingerprint density at radius 2 is 1.68 bits per heavy atom. The Kier molecular flexibility index (Phi) is 8.93. The molecule has 0 fully saturated rings. The molecular formula is C27H30N6O4. The van der Waals surface area contributed by atoms with Crippen molar-refractivity contribution in [2.45, 2.75) is 13.1 Å². The summed E-state index contributed by atoms with van der Waals surface area (Å²) in [6, 6.07) is 22.6. The molecule has 5 N–H and O–H groups in total. The number of fused-ring (bicyclic) bond motifs is 3. The lowest BCUT2D eigenvalue weighted by Gasteiger charge is -2.10. The van der Waals surface area contributed by atoms with Crippen LogP contribution >= 0.6 is 0 Å². The highest BCUT2D eigenvalue weighted by Crippen LogP contribution is 2.30. The van der Waals surface area contributed by atoms with Gasteiger partial charge in [-0.1, -0.05) is 47.7 Å². The summed E-state index contributed by atoms with van der Waals surface area (Å²) in [6.07, 6.45) is 0. The molecule has 37 heavy (non-hydrogen) atoms. The Labute approximate surface area is 214 Å². The van der Waals surface area contributed by atoms with E-state index < -0.39 is 5.97 Å². The Balaban J connectivity index is 1.36. The van der Waals surface area contributed by atoms with E-state index in [2.05, 4.69) is 56.6 Å². The number of nitrogens with zero attached hydrogens (tertiary/aromatic N) is 3. The molecule has 0 amide bonds. The van der Waals surface area contributed by atoms with Gasteiger partial charge in [-0.05, 0) is 35.4 Å². The zero-order chi connectivity index (χ0) is 26.0. The fraction of sp³-hybridized carbons (Fsp3) is 0.259. The van der Waals surface area contributed by atoms with Crippen molar-refractivity contribution in [1.82, 2.24) is 9.88 Å². The van der Waals surface area contributed by atoms with Crippen LogP contribution in [0.2, 0.25) is 0 Å². The van der Waals surface area contributed by atoms with Gasteiger partial charge in [0.15, 0.2) is 5.84 Å². The largest absolute Gasteiger partial charge is 0.480 e. The zero-order valence-corrected chi connectivity index (χ0v) is 20.4. The van der Waals surface area contributed by atoms with E-state index >= 15 is 0 Å². The fourth-order valence-electron chi connectivity index (χ4n) is 4.19. The fourth-order valence-corrected chi connectivity index (χ4v) is 4.19. The summed E-state index contributed by atoms with van der Waals surface area (Å²) in [4.78, 5) is 10.4. The number of rotatable bonds is 13. The number of hydrogen-bond acceptors (Lipinski definition) is 6. The second-order valence-electron chi connectivity index (χ2n) is 8.45. The normalized spacial score (nSPS) is 11.6. The van der Waals surface area contributed by atoms with Gasteiger partial charge >= 0.3 is 5.97 Å². The number of ether oxygens (including phenoxy) is 2. The lowest BCUT2D eigenvalue weighted by molar-refractivity contribution is -0.142. The Hall–Kier alpha value is -4.12. The molecule has 1 aromatic heterocycles. The second kappa shape index (κ2) is 12.7. The third-order valence-corrected chi connectivity index (χ3v) is 5.92. The lowest BCUT2D eigenvalue weighted by atomic mass is 10.1. The van der Waals surface area contributed by atoms with Gasteiger partial charge in [-0.3, -0.25) is 5.41 Å². The second-order valence-corrected chi connectivity index (χ2v) is 8.45. The molecule has 10 nitrogen and oxygen atoms in total. The quantitative estimate of drug-likeness (QED) is 0.0547. The van der Waals surface area contributed by atoms with Crippen LogP contribution in [-0.4, -0.2) is 54.5 Å². The van der Waals surface area contributed by atoms with Crippen LogP contribution in [0.4, 0.5) is 0 Å².